The number of carbonyl (C=O) groups excluding carboxylic acids is 1. The van der Waals surface area contributed by atoms with Gasteiger partial charge in [-0.15, -0.1) is 0 Å². The Morgan fingerprint density at radius 3 is 2.25 bits per heavy atom. The molecule has 1 N–H and O–H groups in total. The fourth-order valence-electron chi connectivity index (χ4n) is 3.32. The predicted molar refractivity (Wildman–Crippen MR) is 95.7 cm³/mol. The van der Waals surface area contributed by atoms with Crippen LogP contribution in [0, 0.1) is 0 Å². The lowest BCUT2D eigenvalue weighted by Crippen LogP contribution is -2.46. The molecule has 28 heavy (non-hydrogen) atoms. The van der Waals surface area contributed by atoms with E-state index in [0.717, 1.165) is 25.7 Å². The fourth-order valence-corrected chi connectivity index (χ4v) is 3.85. The van der Waals surface area contributed by atoms with Crippen LogP contribution in [0.3, 0.4) is 0 Å². The monoisotopic (exact) mass is 428 g/mol. The number of alkyl halides is 3. The number of ether oxygens (including phenoxy) is 1. The van der Waals surface area contributed by atoms with Crippen molar-refractivity contribution in [1.29, 1.82) is 0 Å². The number of nitrogens with one attached hydrogen (secondary N) is 1. The molecule has 0 aromatic carbocycles. The molecule has 0 spiro atoms. The van der Waals surface area contributed by atoms with Crippen molar-refractivity contribution in [3.05, 3.63) is 11.8 Å². The third kappa shape index (κ3) is 6.54. The van der Waals surface area contributed by atoms with Gasteiger partial charge in [-0.05, 0) is 52.5 Å². The number of hydrogen-bond acceptors (Lipinski definition) is 6. The van der Waals surface area contributed by atoms with Gasteiger partial charge in [0.1, 0.15) is 11.4 Å². The lowest BCUT2D eigenvalue weighted by Gasteiger charge is -2.38. The lowest BCUT2D eigenvalue weighted by atomic mass is 9.89. The second kappa shape index (κ2) is 8.48. The minimum absolute atomic E-state index is 0.0299. The summed E-state index contributed by atoms with van der Waals surface area (Å²) in [6.07, 6.45) is 4.25. The first-order valence-electron chi connectivity index (χ1n) is 9.20. The molecule has 0 aromatic heterocycles. The van der Waals surface area contributed by atoms with Gasteiger partial charge in [0, 0.05) is 31.6 Å². The zero-order valence-corrected chi connectivity index (χ0v) is 17.0. The van der Waals surface area contributed by atoms with Gasteiger partial charge in [-0.3, -0.25) is 4.90 Å². The Balaban J connectivity index is 1.79. The molecule has 1 heterocycles. The van der Waals surface area contributed by atoms with Gasteiger partial charge in [0.25, 0.3) is 0 Å². The van der Waals surface area contributed by atoms with Gasteiger partial charge < -0.3 is 14.2 Å². The average Bonchev–Trinajstić information content (AvgIpc) is 2.53. The molecule has 1 aliphatic heterocycles. The summed E-state index contributed by atoms with van der Waals surface area (Å²) >= 11 is 0. The third-order valence-electron chi connectivity index (χ3n) is 4.63. The maximum atomic E-state index is 12.4. The van der Waals surface area contributed by atoms with Gasteiger partial charge >= 0.3 is 21.7 Å². The Hall–Kier alpha value is -1.49. The summed E-state index contributed by atoms with van der Waals surface area (Å²) in [5, 5.41) is 2.86. The van der Waals surface area contributed by atoms with E-state index in [2.05, 4.69) is 14.4 Å². The molecular weight excluding hydrogens is 401 g/mol. The molecule has 0 atom stereocenters. The highest BCUT2D eigenvalue weighted by molar-refractivity contribution is 7.87. The van der Waals surface area contributed by atoms with Crippen molar-refractivity contribution in [2.75, 3.05) is 13.1 Å². The molecule has 0 aromatic rings. The highest BCUT2D eigenvalue weighted by Crippen LogP contribution is 2.30. The van der Waals surface area contributed by atoms with E-state index in [4.69, 9.17) is 4.74 Å². The van der Waals surface area contributed by atoms with Crippen LogP contribution in [-0.2, 0) is 19.0 Å². The summed E-state index contributed by atoms with van der Waals surface area (Å²) in [5.41, 5.74) is -5.98. The Morgan fingerprint density at radius 1 is 1.18 bits per heavy atom. The normalized spacial score (nSPS) is 25.0. The molecule has 162 valence electrons. The van der Waals surface area contributed by atoms with Crippen LogP contribution in [0.5, 0.6) is 0 Å². The fraction of sp³-hybridized carbons (Fsp3) is 0.824. The van der Waals surface area contributed by atoms with E-state index in [1.807, 2.05) is 0 Å². The summed E-state index contributed by atoms with van der Waals surface area (Å²) in [7, 11) is -5.61. The van der Waals surface area contributed by atoms with Crippen molar-refractivity contribution in [1.82, 2.24) is 10.2 Å². The van der Waals surface area contributed by atoms with Crippen LogP contribution in [0.25, 0.3) is 0 Å². The third-order valence-corrected chi connectivity index (χ3v) is 5.63. The summed E-state index contributed by atoms with van der Waals surface area (Å²) in [4.78, 5) is 13.9. The number of amides is 1. The minimum Gasteiger partial charge on any atom is -0.444 e. The smallest absolute Gasteiger partial charge is 0.444 e. The van der Waals surface area contributed by atoms with Crippen molar-refractivity contribution >= 4 is 16.2 Å². The molecule has 0 unspecified atom stereocenters. The number of carbonyl (C=O) groups is 1. The molecule has 1 amide bonds. The quantitative estimate of drug-likeness (QED) is 0.547. The maximum Gasteiger partial charge on any atom is 0.534 e. The summed E-state index contributed by atoms with van der Waals surface area (Å²) in [6.45, 7) is 6.15. The Morgan fingerprint density at radius 2 is 1.79 bits per heavy atom. The first-order valence-corrected chi connectivity index (χ1v) is 10.6. The van der Waals surface area contributed by atoms with Crippen molar-refractivity contribution < 1.29 is 35.3 Å². The molecule has 1 saturated carbocycles. The number of rotatable bonds is 4. The number of hydrogen-bond donors (Lipinski definition) is 1. The van der Waals surface area contributed by atoms with E-state index in [9.17, 15) is 26.4 Å². The molecule has 1 fully saturated rings. The van der Waals surface area contributed by atoms with E-state index >= 15 is 0 Å². The van der Waals surface area contributed by atoms with Crippen molar-refractivity contribution in [2.45, 2.75) is 76.1 Å². The number of alkyl carbamates (subject to hydrolysis) is 1. The number of nitrogens with zero attached hydrogens (tertiary/aromatic N) is 1. The van der Waals surface area contributed by atoms with Gasteiger partial charge in [0.05, 0.1) is 0 Å². The van der Waals surface area contributed by atoms with E-state index in [1.165, 1.54) is 6.08 Å². The van der Waals surface area contributed by atoms with E-state index in [0.29, 0.717) is 13.1 Å². The molecule has 2 aliphatic rings. The van der Waals surface area contributed by atoms with E-state index < -0.39 is 27.3 Å². The molecule has 0 bridgehead atoms. The summed E-state index contributed by atoms with van der Waals surface area (Å²) in [6, 6.07) is 0.260. The Labute approximate surface area is 163 Å². The van der Waals surface area contributed by atoms with Gasteiger partial charge in [-0.2, -0.15) is 21.6 Å². The zero-order chi connectivity index (χ0) is 21.2. The predicted octanol–water partition coefficient (Wildman–Crippen LogP) is 3.28. The largest absolute Gasteiger partial charge is 0.534 e. The van der Waals surface area contributed by atoms with Gasteiger partial charge in [-0.25, -0.2) is 4.79 Å². The summed E-state index contributed by atoms with van der Waals surface area (Å²) in [5.74, 6) is -0.172. The first kappa shape index (κ1) is 22.8. The number of halogens is 3. The first-order chi connectivity index (χ1) is 12.8. The van der Waals surface area contributed by atoms with Gasteiger partial charge in [0.2, 0.25) is 0 Å². The second-order valence-electron chi connectivity index (χ2n) is 8.05. The van der Waals surface area contributed by atoms with Crippen molar-refractivity contribution in [3.8, 4) is 0 Å². The Kier molecular flexibility index (Phi) is 6.90. The van der Waals surface area contributed by atoms with Gasteiger partial charge in [-0.1, -0.05) is 0 Å². The van der Waals surface area contributed by atoms with Crippen LogP contribution in [0.1, 0.15) is 52.9 Å². The van der Waals surface area contributed by atoms with Crippen LogP contribution >= 0.6 is 0 Å². The summed E-state index contributed by atoms with van der Waals surface area (Å²) < 4.78 is 68.7. The van der Waals surface area contributed by atoms with Gasteiger partial charge in [0.15, 0.2) is 0 Å². The van der Waals surface area contributed by atoms with E-state index in [-0.39, 0.29) is 24.3 Å². The van der Waals surface area contributed by atoms with Crippen molar-refractivity contribution in [2.24, 2.45) is 0 Å². The zero-order valence-electron chi connectivity index (χ0n) is 16.2. The standard InChI is InChI=1S/C17H27F3N2O5S/c1-16(2,3)26-15(23)21-12-4-6-13(7-5-12)22-10-8-14(9-11-22)27-28(24,25)17(18,19)20/h8,12-13H,4-7,9-11H2,1-3H3,(H,21,23). The average molecular weight is 428 g/mol. The molecule has 0 saturated heterocycles. The Bertz CT molecular complexity index is 693. The molecule has 0 radical (unpaired) electrons. The SMILES string of the molecule is CC(C)(C)OC(=O)NC1CCC(N2CC=C(OS(=O)(=O)C(F)(F)F)CC2)CC1. The highest BCUT2D eigenvalue weighted by atomic mass is 32.2. The van der Waals surface area contributed by atoms with Crippen LogP contribution in [-0.4, -0.2) is 55.7 Å². The van der Waals surface area contributed by atoms with Crippen molar-refractivity contribution in [3.63, 3.8) is 0 Å². The maximum absolute atomic E-state index is 12.4. The van der Waals surface area contributed by atoms with Crippen LogP contribution < -0.4 is 5.32 Å². The molecular formula is C17H27F3N2O5S. The molecule has 7 nitrogen and oxygen atoms in total. The highest BCUT2D eigenvalue weighted by Gasteiger charge is 2.49. The minimum atomic E-state index is -5.61. The second-order valence-corrected chi connectivity index (χ2v) is 9.59. The van der Waals surface area contributed by atoms with E-state index in [1.54, 1.807) is 20.8 Å². The topological polar surface area (TPSA) is 84.9 Å². The lowest BCUT2D eigenvalue weighted by molar-refractivity contribution is -0.0525. The molecule has 1 aliphatic carbocycles. The molecule has 2 rings (SSSR count). The van der Waals surface area contributed by atoms with Crippen LogP contribution in [0.4, 0.5) is 18.0 Å². The molecule has 11 heteroatoms. The van der Waals surface area contributed by atoms with Crippen LogP contribution in [0.2, 0.25) is 0 Å². The van der Waals surface area contributed by atoms with Crippen LogP contribution in [0.15, 0.2) is 11.8 Å².